The molecule has 2 heterocycles. The van der Waals surface area contributed by atoms with Gasteiger partial charge in [-0.15, -0.1) is 12.4 Å². The number of rotatable bonds is 4. The topological polar surface area (TPSA) is 47.6 Å². The molecule has 27 heavy (non-hydrogen) atoms. The van der Waals surface area contributed by atoms with E-state index in [4.69, 9.17) is 0 Å². The summed E-state index contributed by atoms with van der Waals surface area (Å²) in [4.78, 5) is 17.3. The third-order valence-electron chi connectivity index (χ3n) is 5.65. The fourth-order valence-corrected chi connectivity index (χ4v) is 3.99. The molecule has 2 N–H and O–H groups in total. The minimum Gasteiger partial charge on any atom is -0.369 e. The molecule has 2 aliphatic rings. The molecule has 152 valence electrons. The van der Waals surface area contributed by atoms with Crippen molar-refractivity contribution in [1.82, 2.24) is 15.5 Å². The van der Waals surface area contributed by atoms with Crippen LogP contribution in [0.25, 0.3) is 0 Å². The van der Waals surface area contributed by atoms with Crippen molar-refractivity contribution in [3.8, 4) is 0 Å². The van der Waals surface area contributed by atoms with E-state index in [1.54, 1.807) is 6.07 Å². The van der Waals surface area contributed by atoms with Gasteiger partial charge < -0.3 is 20.4 Å². The second-order valence-corrected chi connectivity index (χ2v) is 7.80. The maximum atomic E-state index is 13.9. The van der Waals surface area contributed by atoms with E-state index in [-0.39, 0.29) is 36.1 Å². The summed E-state index contributed by atoms with van der Waals surface area (Å²) >= 11 is 0. The van der Waals surface area contributed by atoms with Gasteiger partial charge in [0.25, 0.3) is 0 Å². The molecule has 1 aromatic rings. The van der Waals surface area contributed by atoms with Gasteiger partial charge in [-0.3, -0.25) is 4.79 Å². The third kappa shape index (κ3) is 5.56. The lowest BCUT2D eigenvalue weighted by Crippen LogP contribution is -2.45. The highest BCUT2D eigenvalue weighted by Gasteiger charge is 2.27. The van der Waals surface area contributed by atoms with Crippen molar-refractivity contribution < 1.29 is 9.18 Å². The first-order valence-electron chi connectivity index (χ1n) is 9.70. The van der Waals surface area contributed by atoms with Gasteiger partial charge in [-0.1, -0.05) is 0 Å². The van der Waals surface area contributed by atoms with Crippen LogP contribution in [0.4, 0.5) is 10.1 Å². The molecule has 5 nitrogen and oxygen atoms in total. The maximum absolute atomic E-state index is 13.9. The molecule has 1 unspecified atom stereocenters. The minimum atomic E-state index is -0.255. The number of hydrogen-bond donors (Lipinski definition) is 2. The van der Waals surface area contributed by atoms with Crippen molar-refractivity contribution in [3.63, 3.8) is 0 Å². The number of likely N-dealkylation sites (N-methyl/N-ethyl adjacent to an activating group) is 1. The van der Waals surface area contributed by atoms with Crippen molar-refractivity contribution >= 4 is 24.0 Å². The van der Waals surface area contributed by atoms with Crippen LogP contribution < -0.4 is 15.5 Å². The number of piperazine rings is 1. The summed E-state index contributed by atoms with van der Waals surface area (Å²) in [6, 6.07) is 5.10. The van der Waals surface area contributed by atoms with Crippen LogP contribution in [0.1, 0.15) is 38.3 Å². The lowest BCUT2D eigenvalue weighted by molar-refractivity contribution is -0.126. The van der Waals surface area contributed by atoms with Crippen molar-refractivity contribution in [1.29, 1.82) is 0 Å². The number of nitrogens with zero attached hydrogens (tertiary/aromatic N) is 2. The molecular formula is C20H32ClFN4O. The summed E-state index contributed by atoms with van der Waals surface area (Å²) in [5, 5.41) is 6.51. The standard InChI is InChI=1S/C20H31FN4O.ClH/c1-14-12-16(6-7-22-14)20(26)23-15(2)18-13-17(21)4-5-19(18)25-10-8-24(3)9-11-25;/h4-5,13-16,22H,6-12H2,1-3H3,(H,23,26);1H/t14-,15?,16-;/m0./s1. The minimum absolute atomic E-state index is 0. The number of hydrogen-bond acceptors (Lipinski definition) is 4. The Kier molecular flexibility index (Phi) is 7.89. The van der Waals surface area contributed by atoms with E-state index >= 15 is 0 Å². The number of piperidine rings is 1. The zero-order valence-corrected chi connectivity index (χ0v) is 17.3. The smallest absolute Gasteiger partial charge is 0.223 e. The van der Waals surface area contributed by atoms with E-state index in [9.17, 15) is 9.18 Å². The summed E-state index contributed by atoms with van der Waals surface area (Å²) in [5.41, 5.74) is 1.90. The normalized spacial score (nSPS) is 24.8. The second-order valence-electron chi connectivity index (χ2n) is 7.80. The van der Waals surface area contributed by atoms with Crippen LogP contribution in [-0.2, 0) is 4.79 Å². The fourth-order valence-electron chi connectivity index (χ4n) is 3.99. The number of amides is 1. The summed E-state index contributed by atoms with van der Waals surface area (Å²) in [7, 11) is 2.12. The number of halogens is 2. The quantitative estimate of drug-likeness (QED) is 0.818. The Morgan fingerprint density at radius 1 is 1.30 bits per heavy atom. The van der Waals surface area contributed by atoms with E-state index in [0.29, 0.717) is 6.04 Å². The molecule has 1 amide bonds. The van der Waals surface area contributed by atoms with E-state index in [1.807, 2.05) is 13.0 Å². The highest BCUT2D eigenvalue weighted by Crippen LogP contribution is 2.29. The summed E-state index contributed by atoms with van der Waals surface area (Å²) in [6.07, 6.45) is 1.71. The number of nitrogens with one attached hydrogen (secondary N) is 2. The Morgan fingerprint density at radius 2 is 2.00 bits per heavy atom. The van der Waals surface area contributed by atoms with Crippen LogP contribution in [0.5, 0.6) is 0 Å². The third-order valence-corrected chi connectivity index (χ3v) is 5.65. The molecule has 0 radical (unpaired) electrons. The summed E-state index contributed by atoms with van der Waals surface area (Å²) in [6.45, 7) is 8.76. The monoisotopic (exact) mass is 398 g/mol. The maximum Gasteiger partial charge on any atom is 0.223 e. The van der Waals surface area contributed by atoms with Gasteiger partial charge >= 0.3 is 0 Å². The number of carbonyl (C=O) groups is 1. The van der Waals surface area contributed by atoms with Gasteiger partial charge in [-0.25, -0.2) is 4.39 Å². The van der Waals surface area contributed by atoms with Crippen LogP contribution in [0.3, 0.4) is 0 Å². The molecule has 2 fully saturated rings. The van der Waals surface area contributed by atoms with Gasteiger partial charge in [-0.2, -0.15) is 0 Å². The van der Waals surface area contributed by atoms with Crippen molar-refractivity contribution in [2.45, 2.75) is 38.8 Å². The average molecular weight is 399 g/mol. The predicted molar refractivity (Wildman–Crippen MR) is 110 cm³/mol. The van der Waals surface area contributed by atoms with Crippen molar-refractivity contribution in [2.24, 2.45) is 5.92 Å². The molecule has 0 spiro atoms. The first kappa shape index (κ1) is 21.9. The van der Waals surface area contributed by atoms with Crippen LogP contribution in [0, 0.1) is 11.7 Å². The fraction of sp³-hybridized carbons (Fsp3) is 0.650. The van der Waals surface area contributed by atoms with E-state index < -0.39 is 0 Å². The highest BCUT2D eigenvalue weighted by molar-refractivity contribution is 5.85. The molecule has 0 bridgehead atoms. The zero-order chi connectivity index (χ0) is 18.7. The van der Waals surface area contributed by atoms with Crippen molar-refractivity contribution in [3.05, 3.63) is 29.6 Å². The molecule has 2 aliphatic heterocycles. The molecule has 2 saturated heterocycles. The van der Waals surface area contributed by atoms with Crippen LogP contribution in [0.2, 0.25) is 0 Å². The molecule has 0 saturated carbocycles. The molecule has 3 atom stereocenters. The molecular weight excluding hydrogens is 367 g/mol. The van der Waals surface area contributed by atoms with Gasteiger partial charge in [0, 0.05) is 49.4 Å². The van der Waals surface area contributed by atoms with Crippen LogP contribution in [0.15, 0.2) is 18.2 Å². The van der Waals surface area contributed by atoms with Gasteiger partial charge in [0.1, 0.15) is 5.82 Å². The first-order valence-corrected chi connectivity index (χ1v) is 9.70. The van der Waals surface area contributed by atoms with Crippen molar-refractivity contribution in [2.75, 3.05) is 44.7 Å². The summed E-state index contributed by atoms with van der Waals surface area (Å²) in [5.74, 6) is -0.136. The second kappa shape index (κ2) is 9.71. The zero-order valence-electron chi connectivity index (χ0n) is 16.5. The Balaban J connectivity index is 0.00000261. The summed E-state index contributed by atoms with van der Waals surface area (Å²) < 4.78 is 13.9. The van der Waals surface area contributed by atoms with E-state index in [0.717, 1.165) is 56.8 Å². The van der Waals surface area contributed by atoms with E-state index in [2.05, 4.69) is 34.4 Å². The Labute approximate surface area is 168 Å². The van der Waals surface area contributed by atoms with Gasteiger partial charge in [0.15, 0.2) is 0 Å². The average Bonchev–Trinajstić information content (AvgIpc) is 2.62. The Hall–Kier alpha value is -1.37. The van der Waals surface area contributed by atoms with E-state index in [1.165, 1.54) is 6.07 Å². The SMILES string of the molecule is CC(NC(=O)[C@H]1CCN[C@@H](C)C1)c1cc(F)ccc1N1CCN(C)CC1.Cl. The number of anilines is 1. The lowest BCUT2D eigenvalue weighted by atomic mass is 9.92. The molecule has 3 rings (SSSR count). The number of carbonyl (C=O) groups excluding carboxylic acids is 1. The molecule has 0 aromatic heterocycles. The lowest BCUT2D eigenvalue weighted by Gasteiger charge is -2.36. The van der Waals surface area contributed by atoms with Gasteiger partial charge in [0.05, 0.1) is 6.04 Å². The van der Waals surface area contributed by atoms with Crippen LogP contribution >= 0.6 is 12.4 Å². The largest absolute Gasteiger partial charge is 0.369 e. The van der Waals surface area contributed by atoms with Gasteiger partial charge in [0.2, 0.25) is 5.91 Å². The highest BCUT2D eigenvalue weighted by atomic mass is 35.5. The van der Waals surface area contributed by atoms with Crippen LogP contribution in [-0.4, -0.2) is 56.6 Å². The molecule has 1 aromatic carbocycles. The van der Waals surface area contributed by atoms with Gasteiger partial charge in [-0.05, 0) is 58.5 Å². The number of benzene rings is 1. The Morgan fingerprint density at radius 3 is 2.67 bits per heavy atom. The Bertz CT molecular complexity index is 636. The first-order chi connectivity index (χ1) is 12.4. The molecule has 7 heteroatoms. The predicted octanol–water partition coefficient (Wildman–Crippen LogP) is 2.56. The molecule has 0 aliphatic carbocycles.